The second-order valence-electron chi connectivity index (χ2n) is 5.24. The van der Waals surface area contributed by atoms with Gasteiger partial charge in [0.15, 0.2) is 0 Å². The second-order valence-corrected chi connectivity index (χ2v) is 6.30. The SMILES string of the molecule is Cc1ccc(Sc2cc(NN)nc(C3CC3)n2)c(C)c1. The van der Waals surface area contributed by atoms with Crippen molar-refractivity contribution in [3.05, 3.63) is 41.2 Å². The Labute approximate surface area is 123 Å². The largest absolute Gasteiger partial charge is 0.308 e. The van der Waals surface area contributed by atoms with Crippen LogP contribution in [0.3, 0.4) is 0 Å². The molecular weight excluding hydrogens is 268 g/mol. The minimum Gasteiger partial charge on any atom is -0.308 e. The van der Waals surface area contributed by atoms with Crippen LogP contribution in [0.1, 0.15) is 35.7 Å². The molecule has 0 radical (unpaired) electrons. The number of nitrogens with one attached hydrogen (secondary N) is 1. The monoisotopic (exact) mass is 286 g/mol. The second kappa shape index (κ2) is 5.42. The number of benzene rings is 1. The predicted molar refractivity (Wildman–Crippen MR) is 81.9 cm³/mol. The molecule has 1 aromatic carbocycles. The quantitative estimate of drug-likeness (QED) is 0.512. The van der Waals surface area contributed by atoms with Gasteiger partial charge in [0.25, 0.3) is 0 Å². The van der Waals surface area contributed by atoms with E-state index >= 15 is 0 Å². The summed E-state index contributed by atoms with van der Waals surface area (Å²) < 4.78 is 0. The van der Waals surface area contributed by atoms with Gasteiger partial charge >= 0.3 is 0 Å². The molecule has 5 heteroatoms. The molecule has 0 atom stereocenters. The van der Waals surface area contributed by atoms with E-state index in [9.17, 15) is 0 Å². The average molecular weight is 286 g/mol. The maximum absolute atomic E-state index is 5.50. The van der Waals surface area contributed by atoms with Gasteiger partial charge in [-0.25, -0.2) is 15.8 Å². The number of nitrogens with zero attached hydrogens (tertiary/aromatic N) is 2. The molecule has 1 aliphatic rings. The molecule has 0 amide bonds. The Kier molecular flexibility index (Phi) is 3.63. The third-order valence-electron chi connectivity index (χ3n) is 3.36. The van der Waals surface area contributed by atoms with Gasteiger partial charge in [-0.05, 0) is 38.3 Å². The van der Waals surface area contributed by atoms with Gasteiger partial charge in [0, 0.05) is 16.9 Å². The zero-order valence-electron chi connectivity index (χ0n) is 11.7. The molecule has 3 N–H and O–H groups in total. The van der Waals surface area contributed by atoms with Crippen molar-refractivity contribution in [2.75, 3.05) is 5.43 Å². The van der Waals surface area contributed by atoms with E-state index in [-0.39, 0.29) is 0 Å². The van der Waals surface area contributed by atoms with Gasteiger partial charge < -0.3 is 5.43 Å². The van der Waals surface area contributed by atoms with E-state index in [1.165, 1.54) is 28.9 Å². The molecule has 1 aliphatic carbocycles. The van der Waals surface area contributed by atoms with Crippen LogP contribution in [0, 0.1) is 13.8 Å². The Balaban J connectivity index is 1.91. The summed E-state index contributed by atoms with van der Waals surface area (Å²) in [5.74, 6) is 7.62. The maximum atomic E-state index is 5.50. The van der Waals surface area contributed by atoms with Gasteiger partial charge in [0.05, 0.1) is 0 Å². The van der Waals surface area contributed by atoms with Crippen LogP contribution in [-0.2, 0) is 0 Å². The highest BCUT2D eigenvalue weighted by Gasteiger charge is 2.27. The summed E-state index contributed by atoms with van der Waals surface area (Å²) in [6, 6.07) is 8.35. The molecule has 1 aromatic heterocycles. The van der Waals surface area contributed by atoms with Crippen LogP contribution in [0.5, 0.6) is 0 Å². The van der Waals surface area contributed by atoms with Gasteiger partial charge in [0.2, 0.25) is 0 Å². The summed E-state index contributed by atoms with van der Waals surface area (Å²) in [5, 5.41) is 0.946. The van der Waals surface area contributed by atoms with Crippen LogP contribution in [0.15, 0.2) is 34.2 Å². The van der Waals surface area contributed by atoms with Crippen molar-refractivity contribution in [3.8, 4) is 0 Å². The first kappa shape index (κ1) is 13.4. The van der Waals surface area contributed by atoms with E-state index in [4.69, 9.17) is 5.84 Å². The Hall–Kier alpha value is -1.59. The molecule has 2 aromatic rings. The Bertz CT molecular complexity index is 638. The number of nitrogens with two attached hydrogens (primary N) is 1. The first-order valence-electron chi connectivity index (χ1n) is 6.76. The lowest BCUT2D eigenvalue weighted by Crippen LogP contribution is -2.10. The fourth-order valence-electron chi connectivity index (χ4n) is 2.12. The van der Waals surface area contributed by atoms with Crippen molar-refractivity contribution < 1.29 is 0 Å². The fourth-order valence-corrected chi connectivity index (χ4v) is 3.01. The third-order valence-corrected chi connectivity index (χ3v) is 4.45. The molecule has 20 heavy (non-hydrogen) atoms. The molecule has 0 bridgehead atoms. The van der Waals surface area contributed by atoms with Gasteiger partial charge in [-0.2, -0.15) is 0 Å². The summed E-state index contributed by atoms with van der Waals surface area (Å²) in [6.45, 7) is 4.23. The lowest BCUT2D eigenvalue weighted by molar-refractivity contribution is 0.877. The molecule has 0 aliphatic heterocycles. The minimum atomic E-state index is 0.516. The maximum Gasteiger partial charge on any atom is 0.144 e. The van der Waals surface area contributed by atoms with Crippen molar-refractivity contribution in [3.63, 3.8) is 0 Å². The van der Waals surface area contributed by atoms with E-state index < -0.39 is 0 Å². The highest BCUT2D eigenvalue weighted by atomic mass is 32.2. The van der Waals surface area contributed by atoms with Crippen LogP contribution in [0.4, 0.5) is 5.82 Å². The number of hydrazine groups is 1. The number of hydrogen-bond acceptors (Lipinski definition) is 5. The minimum absolute atomic E-state index is 0.516. The first-order chi connectivity index (χ1) is 9.65. The Morgan fingerprint density at radius 3 is 2.65 bits per heavy atom. The van der Waals surface area contributed by atoms with Crippen LogP contribution in [0.2, 0.25) is 0 Å². The molecule has 104 valence electrons. The van der Waals surface area contributed by atoms with Crippen LogP contribution >= 0.6 is 11.8 Å². The van der Waals surface area contributed by atoms with E-state index in [1.807, 2.05) is 6.07 Å². The van der Waals surface area contributed by atoms with Gasteiger partial charge in [-0.1, -0.05) is 29.5 Å². The van der Waals surface area contributed by atoms with Gasteiger partial charge in [-0.3, -0.25) is 0 Å². The van der Waals surface area contributed by atoms with E-state index in [0.717, 1.165) is 10.9 Å². The lowest BCUT2D eigenvalue weighted by atomic mass is 10.2. The standard InChI is InChI=1S/C15H18N4S/c1-9-3-6-12(10(2)7-9)20-14-8-13(19-16)17-15(18-14)11-4-5-11/h3,6-8,11H,4-5,16H2,1-2H3,(H,17,18,19). The molecular formula is C15H18N4S. The number of aromatic nitrogens is 2. The molecule has 0 saturated heterocycles. The summed E-state index contributed by atoms with van der Waals surface area (Å²) >= 11 is 1.67. The molecule has 3 rings (SSSR count). The number of anilines is 1. The lowest BCUT2D eigenvalue weighted by Gasteiger charge is -2.09. The number of nitrogen functional groups attached to an aromatic ring is 1. The molecule has 0 unspecified atom stereocenters. The van der Waals surface area contributed by atoms with E-state index in [1.54, 1.807) is 11.8 Å². The predicted octanol–water partition coefficient (Wildman–Crippen LogP) is 3.41. The van der Waals surface area contributed by atoms with Crippen LogP contribution in [0.25, 0.3) is 0 Å². The van der Waals surface area contributed by atoms with E-state index in [2.05, 4.69) is 47.4 Å². The van der Waals surface area contributed by atoms with Crippen molar-refractivity contribution in [1.82, 2.24) is 9.97 Å². The van der Waals surface area contributed by atoms with Crippen LogP contribution < -0.4 is 11.3 Å². The number of rotatable bonds is 4. The van der Waals surface area contributed by atoms with Gasteiger partial charge in [0.1, 0.15) is 16.7 Å². The third kappa shape index (κ3) is 2.94. The number of aryl methyl sites for hydroxylation is 2. The Morgan fingerprint density at radius 2 is 2.00 bits per heavy atom. The molecule has 1 saturated carbocycles. The highest BCUT2D eigenvalue weighted by Crippen LogP contribution is 2.40. The van der Waals surface area contributed by atoms with E-state index in [0.29, 0.717) is 11.7 Å². The number of hydrogen-bond donors (Lipinski definition) is 2. The van der Waals surface area contributed by atoms with Crippen molar-refractivity contribution in [1.29, 1.82) is 0 Å². The van der Waals surface area contributed by atoms with Gasteiger partial charge in [-0.15, -0.1) is 0 Å². The molecule has 1 fully saturated rings. The topological polar surface area (TPSA) is 63.8 Å². The summed E-state index contributed by atoms with van der Waals surface area (Å²) in [6.07, 6.45) is 2.36. The van der Waals surface area contributed by atoms with Crippen molar-refractivity contribution in [2.45, 2.75) is 42.5 Å². The first-order valence-corrected chi connectivity index (χ1v) is 7.58. The molecule has 4 nitrogen and oxygen atoms in total. The van der Waals surface area contributed by atoms with Crippen molar-refractivity contribution >= 4 is 17.6 Å². The molecule has 0 spiro atoms. The summed E-state index contributed by atoms with van der Waals surface area (Å²) in [7, 11) is 0. The normalized spacial score (nSPS) is 14.3. The Morgan fingerprint density at radius 1 is 1.20 bits per heavy atom. The average Bonchev–Trinajstić information content (AvgIpc) is 3.26. The van der Waals surface area contributed by atoms with Crippen molar-refractivity contribution in [2.24, 2.45) is 5.84 Å². The zero-order chi connectivity index (χ0) is 14.1. The zero-order valence-corrected chi connectivity index (χ0v) is 12.5. The molecule has 1 heterocycles. The highest BCUT2D eigenvalue weighted by molar-refractivity contribution is 7.99. The van der Waals surface area contributed by atoms with Crippen LogP contribution in [-0.4, -0.2) is 9.97 Å². The summed E-state index contributed by atoms with van der Waals surface area (Å²) in [5.41, 5.74) is 5.18. The fraction of sp³-hybridized carbons (Fsp3) is 0.333. The smallest absolute Gasteiger partial charge is 0.144 e. The summed E-state index contributed by atoms with van der Waals surface area (Å²) in [4.78, 5) is 10.3.